The van der Waals surface area contributed by atoms with Gasteiger partial charge in [-0.2, -0.15) is 0 Å². The summed E-state index contributed by atoms with van der Waals surface area (Å²) in [4.78, 5) is 23.1. The van der Waals surface area contributed by atoms with Crippen molar-refractivity contribution in [2.75, 3.05) is 26.0 Å². The Morgan fingerprint density at radius 1 is 1.12 bits per heavy atom. The van der Waals surface area contributed by atoms with E-state index in [1.807, 2.05) is 18.3 Å². The van der Waals surface area contributed by atoms with E-state index in [0.29, 0.717) is 11.4 Å². The number of anilines is 1. The van der Waals surface area contributed by atoms with Gasteiger partial charge in [-0.05, 0) is 42.8 Å². The Balaban J connectivity index is 1.54. The molecule has 176 valence electrons. The molecule has 0 aliphatic rings. The van der Waals surface area contributed by atoms with Crippen molar-refractivity contribution in [3.8, 4) is 22.1 Å². The van der Waals surface area contributed by atoms with Gasteiger partial charge in [-0.15, -0.1) is 11.3 Å². The largest absolute Gasteiger partial charge is 0.453 e. The summed E-state index contributed by atoms with van der Waals surface area (Å²) in [7, 11) is 3.23. The summed E-state index contributed by atoms with van der Waals surface area (Å²) in [5.41, 5.74) is 3.08. The van der Waals surface area contributed by atoms with E-state index in [9.17, 15) is 9.18 Å². The summed E-state index contributed by atoms with van der Waals surface area (Å²) < 4.78 is 21.4. The zero-order valence-electron chi connectivity index (χ0n) is 19.3. The molecule has 3 aromatic heterocycles. The molecule has 0 saturated carbocycles. The predicted octanol–water partition coefficient (Wildman–Crippen LogP) is 5.88. The number of carbonyl (C=O) groups excluding carboxylic acids is 1. The topological polar surface area (TPSA) is 79.4 Å². The first-order valence-electron chi connectivity index (χ1n) is 10.9. The number of ether oxygens (including phenoxy) is 1. The van der Waals surface area contributed by atoms with E-state index < -0.39 is 5.82 Å². The molecule has 0 spiro atoms. The Morgan fingerprint density at radius 2 is 1.97 bits per heavy atom. The molecule has 0 saturated heterocycles. The van der Waals surface area contributed by atoms with Gasteiger partial charge < -0.3 is 20.3 Å². The number of urea groups is 1. The number of nitrogens with zero attached hydrogens (tertiary/aromatic N) is 3. The lowest BCUT2D eigenvalue weighted by atomic mass is 10.2. The molecule has 0 radical (unpaired) electrons. The first kappa shape index (κ1) is 23.6. The summed E-state index contributed by atoms with van der Waals surface area (Å²) in [5.74, 6) is -0.00907. The van der Waals surface area contributed by atoms with Crippen molar-refractivity contribution < 1.29 is 13.9 Å². The van der Waals surface area contributed by atoms with Crippen LogP contribution in [0.1, 0.15) is 18.9 Å². The number of hydrogen-bond acceptors (Lipinski definition) is 6. The zero-order chi connectivity index (χ0) is 24.1. The second-order valence-corrected chi connectivity index (χ2v) is 8.99. The fourth-order valence-corrected chi connectivity index (χ4v) is 4.26. The van der Waals surface area contributed by atoms with Crippen LogP contribution in [0.15, 0.2) is 54.9 Å². The van der Waals surface area contributed by atoms with Gasteiger partial charge in [0.25, 0.3) is 0 Å². The second-order valence-electron chi connectivity index (χ2n) is 7.93. The van der Waals surface area contributed by atoms with Gasteiger partial charge in [0.15, 0.2) is 11.6 Å². The number of halogens is 1. The highest BCUT2D eigenvalue weighted by molar-refractivity contribution is 7.22. The number of benzene rings is 1. The smallest absolute Gasteiger partial charge is 0.321 e. The molecule has 1 aromatic carbocycles. The molecule has 7 nitrogen and oxygen atoms in total. The molecule has 3 heterocycles. The molecule has 4 aromatic rings. The normalized spacial score (nSPS) is 10.9. The zero-order valence-corrected chi connectivity index (χ0v) is 20.1. The molecular weight excluding hydrogens is 453 g/mol. The highest BCUT2D eigenvalue weighted by atomic mass is 32.1. The van der Waals surface area contributed by atoms with Crippen molar-refractivity contribution in [2.24, 2.45) is 0 Å². The van der Waals surface area contributed by atoms with Crippen molar-refractivity contribution in [2.45, 2.75) is 19.9 Å². The van der Waals surface area contributed by atoms with Crippen LogP contribution in [0.25, 0.3) is 20.8 Å². The van der Waals surface area contributed by atoms with Crippen molar-refractivity contribution in [1.29, 1.82) is 0 Å². The molecule has 4 rings (SSSR count). The van der Waals surface area contributed by atoms with E-state index >= 15 is 0 Å². The number of amides is 2. The van der Waals surface area contributed by atoms with Gasteiger partial charge in [0.2, 0.25) is 0 Å². The third-order valence-corrected chi connectivity index (χ3v) is 6.18. The van der Waals surface area contributed by atoms with Crippen LogP contribution in [0.5, 0.6) is 11.5 Å². The molecule has 0 bridgehead atoms. The van der Waals surface area contributed by atoms with E-state index in [1.54, 1.807) is 32.4 Å². The van der Waals surface area contributed by atoms with Crippen LogP contribution in [0, 0.1) is 5.82 Å². The molecule has 2 N–H and O–H groups in total. The van der Waals surface area contributed by atoms with Crippen LogP contribution < -0.4 is 15.4 Å². The van der Waals surface area contributed by atoms with Crippen LogP contribution >= 0.6 is 11.3 Å². The first-order chi connectivity index (χ1) is 16.4. The van der Waals surface area contributed by atoms with Gasteiger partial charge in [0.1, 0.15) is 5.75 Å². The molecule has 0 fully saturated rings. The summed E-state index contributed by atoms with van der Waals surface area (Å²) in [6.07, 6.45) is 4.60. The number of pyridine rings is 2. The number of rotatable bonds is 8. The SMILES string of the molecule is CCCNCc1ccc(-c2cc3nccc(Oc4ccc(NC(=O)N(C)C)cc4F)c3s2)nc1. The number of nitrogens with one attached hydrogen (secondary N) is 2. The maximum Gasteiger partial charge on any atom is 0.321 e. The lowest BCUT2D eigenvalue weighted by molar-refractivity contribution is 0.230. The maximum absolute atomic E-state index is 14.7. The van der Waals surface area contributed by atoms with Crippen LogP contribution in [-0.4, -0.2) is 41.5 Å². The van der Waals surface area contributed by atoms with Gasteiger partial charge in [-0.25, -0.2) is 9.18 Å². The van der Waals surface area contributed by atoms with E-state index in [0.717, 1.165) is 45.9 Å². The van der Waals surface area contributed by atoms with Crippen LogP contribution in [0.3, 0.4) is 0 Å². The van der Waals surface area contributed by atoms with E-state index in [4.69, 9.17) is 4.74 Å². The average Bonchev–Trinajstić information content (AvgIpc) is 3.27. The Kier molecular flexibility index (Phi) is 7.34. The molecule has 0 unspecified atom stereocenters. The third-order valence-electron chi connectivity index (χ3n) is 5.02. The van der Waals surface area contributed by atoms with Gasteiger partial charge in [0.05, 0.1) is 20.8 Å². The highest BCUT2D eigenvalue weighted by Gasteiger charge is 2.14. The quantitative estimate of drug-likeness (QED) is 0.308. The average molecular weight is 480 g/mol. The number of fused-ring (bicyclic) bond motifs is 1. The van der Waals surface area contributed by atoms with Gasteiger partial charge in [0, 0.05) is 50.9 Å². The Labute approximate surface area is 201 Å². The van der Waals surface area contributed by atoms with Crippen LogP contribution in [-0.2, 0) is 6.54 Å². The van der Waals surface area contributed by atoms with Crippen molar-refractivity contribution in [3.63, 3.8) is 0 Å². The molecule has 0 aliphatic heterocycles. The molecule has 0 atom stereocenters. The number of hydrogen-bond donors (Lipinski definition) is 2. The molecule has 0 aliphatic carbocycles. The standard InChI is InChI=1S/C25H26FN5O2S/c1-4-10-27-14-16-5-7-19(29-15-16)23-13-20-24(34-23)22(9-11-28-20)33-21-8-6-17(12-18(21)26)30-25(32)31(2)3/h5-9,11-13,15,27H,4,10,14H2,1-3H3,(H,30,32). The summed E-state index contributed by atoms with van der Waals surface area (Å²) in [6, 6.07) is 11.7. The summed E-state index contributed by atoms with van der Waals surface area (Å²) in [6.45, 7) is 3.90. The van der Waals surface area contributed by atoms with E-state index in [1.165, 1.54) is 28.4 Å². The van der Waals surface area contributed by atoms with Crippen molar-refractivity contribution in [3.05, 3.63) is 66.2 Å². The Bertz CT molecular complexity index is 1290. The highest BCUT2D eigenvalue weighted by Crippen LogP contribution is 2.39. The third kappa shape index (κ3) is 5.49. The molecule has 9 heteroatoms. The Morgan fingerprint density at radius 3 is 2.68 bits per heavy atom. The molecular formula is C25H26FN5O2S. The van der Waals surface area contributed by atoms with Gasteiger partial charge in [-0.1, -0.05) is 13.0 Å². The van der Waals surface area contributed by atoms with E-state index in [-0.39, 0.29) is 11.8 Å². The fourth-order valence-electron chi connectivity index (χ4n) is 3.22. The fraction of sp³-hybridized carbons (Fsp3) is 0.240. The monoisotopic (exact) mass is 479 g/mol. The Hall–Kier alpha value is -3.56. The summed E-state index contributed by atoms with van der Waals surface area (Å²) in [5, 5.41) is 5.98. The number of aromatic nitrogens is 2. The lowest BCUT2D eigenvalue weighted by Crippen LogP contribution is -2.27. The molecule has 34 heavy (non-hydrogen) atoms. The molecule has 2 amide bonds. The summed E-state index contributed by atoms with van der Waals surface area (Å²) >= 11 is 1.49. The lowest BCUT2D eigenvalue weighted by Gasteiger charge is -2.13. The van der Waals surface area contributed by atoms with Crippen molar-refractivity contribution in [1.82, 2.24) is 20.2 Å². The van der Waals surface area contributed by atoms with Crippen LogP contribution in [0.2, 0.25) is 0 Å². The minimum Gasteiger partial charge on any atom is -0.453 e. The minimum absolute atomic E-state index is 0.0624. The van der Waals surface area contributed by atoms with Crippen molar-refractivity contribution >= 4 is 33.3 Å². The maximum atomic E-state index is 14.7. The van der Waals surface area contributed by atoms with E-state index in [2.05, 4.69) is 33.6 Å². The predicted molar refractivity (Wildman–Crippen MR) is 134 cm³/mol. The number of carbonyl (C=O) groups is 1. The minimum atomic E-state index is -0.577. The van der Waals surface area contributed by atoms with Gasteiger partial charge in [-0.3, -0.25) is 9.97 Å². The second kappa shape index (κ2) is 10.6. The van der Waals surface area contributed by atoms with Crippen LogP contribution in [0.4, 0.5) is 14.9 Å². The van der Waals surface area contributed by atoms with Gasteiger partial charge >= 0.3 is 6.03 Å². The first-order valence-corrected chi connectivity index (χ1v) is 11.8. The number of thiophene rings is 1.